The van der Waals surface area contributed by atoms with Crippen LogP contribution in [-0.4, -0.2) is 26.6 Å². The summed E-state index contributed by atoms with van der Waals surface area (Å²) in [5.41, 5.74) is 0.191. The Bertz CT molecular complexity index is 940. The normalized spacial score (nSPS) is 11.6. The Morgan fingerprint density at radius 3 is 2.00 bits per heavy atom. The van der Waals surface area contributed by atoms with Crippen LogP contribution < -0.4 is 14.8 Å². The SMILES string of the molecule is CC(=O)Nc1ccc(S(=O)(=O)NC(=O)c2ccc(OC(F)(F)F)cc2)cc1. The minimum absolute atomic E-state index is 0.178. The fraction of sp³-hybridized carbons (Fsp3) is 0.125. The van der Waals surface area contributed by atoms with E-state index in [-0.39, 0.29) is 16.4 Å². The Kier molecular flexibility index (Phi) is 5.74. The molecule has 0 unspecified atom stereocenters. The number of carbonyl (C=O) groups is 2. The fourth-order valence-corrected chi connectivity index (χ4v) is 2.94. The largest absolute Gasteiger partial charge is 0.573 e. The molecule has 0 aliphatic heterocycles. The molecule has 7 nitrogen and oxygen atoms in total. The lowest BCUT2D eigenvalue weighted by Crippen LogP contribution is -2.30. The summed E-state index contributed by atoms with van der Waals surface area (Å²) < 4.78 is 66.2. The highest BCUT2D eigenvalue weighted by Crippen LogP contribution is 2.23. The van der Waals surface area contributed by atoms with E-state index in [1.807, 2.05) is 0 Å². The van der Waals surface area contributed by atoms with E-state index in [9.17, 15) is 31.2 Å². The molecule has 2 aromatic carbocycles. The van der Waals surface area contributed by atoms with Gasteiger partial charge >= 0.3 is 6.36 Å². The third-order valence-electron chi connectivity index (χ3n) is 3.06. The molecule has 0 aromatic heterocycles. The Balaban J connectivity index is 2.10. The van der Waals surface area contributed by atoms with Crippen LogP contribution in [0.1, 0.15) is 17.3 Å². The van der Waals surface area contributed by atoms with Crippen LogP contribution >= 0.6 is 0 Å². The van der Waals surface area contributed by atoms with Gasteiger partial charge in [-0.3, -0.25) is 9.59 Å². The molecule has 2 aromatic rings. The molecule has 144 valence electrons. The summed E-state index contributed by atoms with van der Waals surface area (Å²) in [5.74, 6) is -1.91. The Hall–Kier alpha value is -3.08. The minimum atomic E-state index is -4.88. The number of hydrogen-bond donors (Lipinski definition) is 2. The van der Waals surface area contributed by atoms with E-state index >= 15 is 0 Å². The number of ether oxygens (including phenoxy) is 1. The number of sulfonamides is 1. The average Bonchev–Trinajstić information content (AvgIpc) is 2.53. The first-order chi connectivity index (χ1) is 12.5. The molecule has 0 saturated heterocycles. The summed E-state index contributed by atoms with van der Waals surface area (Å²) in [5, 5.41) is 2.46. The second-order valence-corrected chi connectivity index (χ2v) is 6.89. The topological polar surface area (TPSA) is 102 Å². The first-order valence-electron chi connectivity index (χ1n) is 7.27. The fourth-order valence-electron chi connectivity index (χ4n) is 1.97. The van der Waals surface area contributed by atoms with Gasteiger partial charge in [-0.25, -0.2) is 13.1 Å². The van der Waals surface area contributed by atoms with Gasteiger partial charge in [-0.15, -0.1) is 13.2 Å². The lowest BCUT2D eigenvalue weighted by molar-refractivity contribution is -0.274. The van der Waals surface area contributed by atoms with Gasteiger partial charge in [0.25, 0.3) is 15.9 Å². The molecule has 0 heterocycles. The Morgan fingerprint density at radius 1 is 0.963 bits per heavy atom. The van der Waals surface area contributed by atoms with E-state index in [0.29, 0.717) is 5.69 Å². The van der Waals surface area contributed by atoms with Crippen LogP contribution in [0.15, 0.2) is 53.4 Å². The van der Waals surface area contributed by atoms with E-state index in [1.165, 1.54) is 31.2 Å². The van der Waals surface area contributed by atoms with Crippen LogP contribution in [0.5, 0.6) is 5.75 Å². The van der Waals surface area contributed by atoms with Crippen molar-refractivity contribution in [3.8, 4) is 5.75 Å². The van der Waals surface area contributed by atoms with Gasteiger partial charge in [0.05, 0.1) is 4.90 Å². The molecular formula is C16H13F3N2O5S. The van der Waals surface area contributed by atoms with E-state index in [4.69, 9.17) is 0 Å². The molecule has 2 rings (SSSR count). The second kappa shape index (κ2) is 7.66. The molecule has 0 atom stereocenters. The van der Waals surface area contributed by atoms with Crippen LogP contribution in [0.3, 0.4) is 0 Å². The molecule has 0 aliphatic carbocycles. The third-order valence-corrected chi connectivity index (χ3v) is 4.41. The summed E-state index contributed by atoms with van der Waals surface area (Å²) in [4.78, 5) is 22.7. The van der Waals surface area contributed by atoms with Crippen molar-refractivity contribution >= 4 is 27.5 Å². The van der Waals surface area contributed by atoms with Gasteiger partial charge in [0.2, 0.25) is 5.91 Å². The molecule has 11 heteroatoms. The first kappa shape index (κ1) is 20.2. The van der Waals surface area contributed by atoms with Crippen molar-refractivity contribution in [2.24, 2.45) is 0 Å². The number of amides is 2. The second-order valence-electron chi connectivity index (χ2n) is 5.21. The molecule has 0 aliphatic rings. The number of nitrogens with one attached hydrogen (secondary N) is 2. The van der Waals surface area contributed by atoms with Crippen molar-refractivity contribution in [2.45, 2.75) is 18.2 Å². The van der Waals surface area contributed by atoms with Crippen LogP contribution in [0, 0.1) is 0 Å². The zero-order valence-corrected chi connectivity index (χ0v) is 14.5. The number of anilines is 1. The number of benzene rings is 2. The Labute approximate surface area is 152 Å². The molecule has 2 amide bonds. The maximum absolute atomic E-state index is 12.2. The highest BCUT2D eigenvalue weighted by molar-refractivity contribution is 7.90. The van der Waals surface area contributed by atoms with E-state index < -0.39 is 28.0 Å². The summed E-state index contributed by atoms with van der Waals surface area (Å²) in [6.07, 6.45) is -4.88. The molecule has 0 bridgehead atoms. The number of alkyl halides is 3. The van der Waals surface area contributed by atoms with Gasteiger partial charge < -0.3 is 10.1 Å². The minimum Gasteiger partial charge on any atom is -0.406 e. The standard InChI is InChI=1S/C16H13F3N2O5S/c1-10(22)20-12-4-8-14(9-5-12)27(24,25)21-15(23)11-2-6-13(7-3-11)26-16(17,18)19/h2-9H,1H3,(H,20,22)(H,21,23). The summed E-state index contributed by atoms with van der Waals surface area (Å²) in [6, 6.07) is 8.79. The van der Waals surface area contributed by atoms with Crippen molar-refractivity contribution in [2.75, 3.05) is 5.32 Å². The van der Waals surface area contributed by atoms with E-state index in [1.54, 1.807) is 4.72 Å². The van der Waals surface area contributed by atoms with Gasteiger partial charge in [-0.1, -0.05) is 0 Å². The van der Waals surface area contributed by atoms with Crippen molar-refractivity contribution < 1.29 is 35.9 Å². The maximum atomic E-state index is 12.2. The van der Waals surface area contributed by atoms with Gasteiger partial charge in [-0.05, 0) is 48.5 Å². The lowest BCUT2D eigenvalue weighted by atomic mass is 10.2. The molecule has 0 spiro atoms. The smallest absolute Gasteiger partial charge is 0.406 e. The van der Waals surface area contributed by atoms with Crippen LogP contribution in [-0.2, 0) is 14.8 Å². The van der Waals surface area contributed by atoms with Crippen LogP contribution in [0.4, 0.5) is 18.9 Å². The lowest BCUT2D eigenvalue weighted by Gasteiger charge is -2.10. The average molecular weight is 402 g/mol. The van der Waals surface area contributed by atoms with Gasteiger partial charge in [-0.2, -0.15) is 0 Å². The van der Waals surface area contributed by atoms with Gasteiger partial charge in [0, 0.05) is 18.2 Å². The molecular weight excluding hydrogens is 389 g/mol. The van der Waals surface area contributed by atoms with E-state index in [0.717, 1.165) is 24.3 Å². The van der Waals surface area contributed by atoms with Gasteiger partial charge in [0.15, 0.2) is 0 Å². The zero-order valence-electron chi connectivity index (χ0n) is 13.7. The molecule has 27 heavy (non-hydrogen) atoms. The number of carbonyl (C=O) groups excluding carboxylic acids is 2. The Morgan fingerprint density at radius 2 is 1.52 bits per heavy atom. The van der Waals surface area contributed by atoms with Crippen molar-refractivity contribution in [3.05, 3.63) is 54.1 Å². The van der Waals surface area contributed by atoms with Crippen molar-refractivity contribution in [1.82, 2.24) is 4.72 Å². The summed E-state index contributed by atoms with van der Waals surface area (Å²) in [7, 11) is -4.22. The molecule has 0 radical (unpaired) electrons. The highest BCUT2D eigenvalue weighted by atomic mass is 32.2. The molecule has 2 N–H and O–H groups in total. The third kappa shape index (κ3) is 5.99. The number of halogens is 3. The molecule has 0 fully saturated rings. The number of rotatable bonds is 5. The monoisotopic (exact) mass is 402 g/mol. The predicted octanol–water partition coefficient (Wildman–Crippen LogP) is 2.66. The van der Waals surface area contributed by atoms with Crippen molar-refractivity contribution in [1.29, 1.82) is 0 Å². The van der Waals surface area contributed by atoms with Gasteiger partial charge in [0.1, 0.15) is 5.75 Å². The number of hydrogen-bond acceptors (Lipinski definition) is 5. The quantitative estimate of drug-likeness (QED) is 0.801. The zero-order chi connectivity index (χ0) is 20.2. The predicted molar refractivity (Wildman–Crippen MR) is 88.5 cm³/mol. The first-order valence-corrected chi connectivity index (χ1v) is 8.75. The van der Waals surface area contributed by atoms with E-state index in [2.05, 4.69) is 10.1 Å². The maximum Gasteiger partial charge on any atom is 0.573 e. The highest BCUT2D eigenvalue weighted by Gasteiger charge is 2.31. The van der Waals surface area contributed by atoms with Crippen LogP contribution in [0.25, 0.3) is 0 Å². The van der Waals surface area contributed by atoms with Crippen molar-refractivity contribution in [3.63, 3.8) is 0 Å². The molecule has 0 saturated carbocycles. The van der Waals surface area contributed by atoms with Crippen LogP contribution in [0.2, 0.25) is 0 Å². The summed E-state index contributed by atoms with van der Waals surface area (Å²) >= 11 is 0. The summed E-state index contributed by atoms with van der Waals surface area (Å²) in [6.45, 7) is 1.29.